The van der Waals surface area contributed by atoms with E-state index in [1.807, 2.05) is 0 Å². The first-order valence-corrected chi connectivity index (χ1v) is 3.98. The van der Waals surface area contributed by atoms with E-state index in [9.17, 15) is 9.59 Å². The summed E-state index contributed by atoms with van der Waals surface area (Å²) in [4.78, 5) is 23.7. The number of nitrogens with zero attached hydrogens (tertiary/aromatic N) is 1. The second-order valence-corrected chi connectivity index (χ2v) is 2.70. The van der Waals surface area contributed by atoms with Crippen molar-refractivity contribution in [2.45, 2.75) is 6.42 Å². The van der Waals surface area contributed by atoms with E-state index in [-0.39, 0.29) is 18.2 Å². The number of nitrogens with one attached hydrogen (secondary N) is 1. The third-order valence-electron chi connectivity index (χ3n) is 1.77. The zero-order chi connectivity index (χ0) is 8.97. The first-order valence-electron chi connectivity index (χ1n) is 3.98. The van der Waals surface area contributed by atoms with Crippen LogP contribution in [0, 0.1) is 0 Å². The maximum atomic E-state index is 11.2. The van der Waals surface area contributed by atoms with E-state index in [0.29, 0.717) is 26.2 Å². The average Bonchev–Trinajstić information content (AvgIpc) is 2.15. The highest BCUT2D eigenvalue weighted by atomic mass is 16.2. The molecule has 0 aromatic carbocycles. The molecule has 0 aromatic rings. The summed E-state index contributed by atoms with van der Waals surface area (Å²) in [5, 5.41) is 2.62. The van der Waals surface area contributed by atoms with E-state index in [0.717, 1.165) is 0 Å². The van der Waals surface area contributed by atoms with Crippen LogP contribution in [0.25, 0.3) is 0 Å². The molecule has 2 amide bonds. The predicted octanol–water partition coefficient (Wildman–Crippen LogP) is -1.71. The van der Waals surface area contributed by atoms with Crippen LogP contribution in [-0.4, -0.2) is 42.9 Å². The third kappa shape index (κ3) is 2.20. The van der Waals surface area contributed by atoms with Gasteiger partial charge in [0.05, 0.1) is 0 Å². The smallest absolute Gasteiger partial charge is 0.232 e. The Balaban J connectivity index is 2.51. The van der Waals surface area contributed by atoms with Crippen LogP contribution in [-0.2, 0) is 9.59 Å². The summed E-state index contributed by atoms with van der Waals surface area (Å²) in [6.45, 7) is 2.08. The van der Waals surface area contributed by atoms with Gasteiger partial charge in [0, 0.05) is 26.2 Å². The molecule has 12 heavy (non-hydrogen) atoms. The average molecular weight is 171 g/mol. The number of nitrogens with two attached hydrogens (primary N) is 1. The molecule has 1 fully saturated rings. The molecule has 0 unspecified atom stereocenters. The van der Waals surface area contributed by atoms with E-state index in [4.69, 9.17) is 5.73 Å². The highest BCUT2D eigenvalue weighted by molar-refractivity contribution is 5.97. The van der Waals surface area contributed by atoms with Crippen molar-refractivity contribution in [1.82, 2.24) is 10.2 Å². The van der Waals surface area contributed by atoms with Gasteiger partial charge in [-0.2, -0.15) is 0 Å². The van der Waals surface area contributed by atoms with Crippen molar-refractivity contribution in [1.29, 1.82) is 0 Å². The van der Waals surface area contributed by atoms with Crippen molar-refractivity contribution < 1.29 is 9.59 Å². The van der Waals surface area contributed by atoms with Gasteiger partial charge in [-0.15, -0.1) is 0 Å². The van der Waals surface area contributed by atoms with Crippen molar-refractivity contribution >= 4 is 11.8 Å². The Hall–Kier alpha value is -1.10. The number of hydrogen-bond donors (Lipinski definition) is 2. The molecule has 5 nitrogen and oxygen atoms in total. The summed E-state index contributed by atoms with van der Waals surface area (Å²) in [5.74, 6) is -0.324. The Kier molecular flexibility index (Phi) is 3.04. The molecule has 1 heterocycles. The topological polar surface area (TPSA) is 75.4 Å². The lowest BCUT2D eigenvalue weighted by atomic mass is 10.3. The van der Waals surface area contributed by atoms with Gasteiger partial charge in [0.1, 0.15) is 6.42 Å². The molecule has 0 saturated carbocycles. The number of carbonyl (C=O) groups excluding carboxylic acids is 2. The molecule has 0 radical (unpaired) electrons. The van der Waals surface area contributed by atoms with Crippen LogP contribution in [0.15, 0.2) is 0 Å². The number of carbonyl (C=O) groups is 2. The predicted molar refractivity (Wildman–Crippen MR) is 43.3 cm³/mol. The van der Waals surface area contributed by atoms with Gasteiger partial charge in [0.25, 0.3) is 0 Å². The summed E-state index contributed by atoms with van der Waals surface area (Å²) < 4.78 is 0. The summed E-state index contributed by atoms with van der Waals surface area (Å²) >= 11 is 0. The lowest BCUT2D eigenvalue weighted by molar-refractivity contribution is -0.134. The maximum absolute atomic E-state index is 11.2. The Morgan fingerprint density at radius 1 is 1.50 bits per heavy atom. The van der Waals surface area contributed by atoms with Gasteiger partial charge in [-0.05, 0) is 0 Å². The standard InChI is InChI=1S/C7H13N3O2/c8-1-3-10-4-2-9-6(11)5-7(10)12/h1-5,8H2,(H,9,11). The van der Waals surface area contributed by atoms with E-state index < -0.39 is 0 Å². The van der Waals surface area contributed by atoms with E-state index in [1.54, 1.807) is 4.90 Å². The molecule has 5 heteroatoms. The van der Waals surface area contributed by atoms with Crippen LogP contribution in [0.2, 0.25) is 0 Å². The van der Waals surface area contributed by atoms with Gasteiger partial charge in [-0.1, -0.05) is 0 Å². The monoisotopic (exact) mass is 171 g/mol. The van der Waals surface area contributed by atoms with Gasteiger partial charge in [0.2, 0.25) is 11.8 Å². The first-order chi connectivity index (χ1) is 5.74. The van der Waals surface area contributed by atoms with Crippen molar-refractivity contribution in [2.24, 2.45) is 5.73 Å². The quantitative estimate of drug-likeness (QED) is 0.486. The van der Waals surface area contributed by atoms with Gasteiger partial charge in [-0.25, -0.2) is 0 Å². The SMILES string of the molecule is NCCN1CCNC(=O)CC1=O. The van der Waals surface area contributed by atoms with E-state index >= 15 is 0 Å². The molecule has 3 N–H and O–H groups in total. The fourth-order valence-electron chi connectivity index (χ4n) is 1.16. The highest BCUT2D eigenvalue weighted by Gasteiger charge is 2.19. The van der Waals surface area contributed by atoms with Gasteiger partial charge in [0.15, 0.2) is 0 Å². The Morgan fingerprint density at radius 3 is 2.92 bits per heavy atom. The molecule has 68 valence electrons. The highest BCUT2D eigenvalue weighted by Crippen LogP contribution is 1.97. The zero-order valence-corrected chi connectivity index (χ0v) is 6.88. The molecule has 1 rings (SSSR count). The minimum absolute atomic E-state index is 0.0417. The Labute approximate surface area is 70.9 Å². The molecular weight excluding hydrogens is 158 g/mol. The minimum Gasteiger partial charge on any atom is -0.354 e. The fraction of sp³-hybridized carbons (Fsp3) is 0.714. The number of hydrogen-bond acceptors (Lipinski definition) is 3. The van der Waals surface area contributed by atoms with Crippen LogP contribution in [0.4, 0.5) is 0 Å². The van der Waals surface area contributed by atoms with Gasteiger partial charge in [-0.3, -0.25) is 9.59 Å². The Bertz CT molecular complexity index is 193. The molecule has 1 aliphatic heterocycles. The van der Waals surface area contributed by atoms with Crippen LogP contribution >= 0.6 is 0 Å². The van der Waals surface area contributed by atoms with Crippen LogP contribution in [0.5, 0.6) is 0 Å². The lowest BCUT2D eigenvalue weighted by Crippen LogP contribution is -2.36. The second-order valence-electron chi connectivity index (χ2n) is 2.70. The summed E-state index contributed by atoms with van der Waals surface area (Å²) in [7, 11) is 0. The number of rotatable bonds is 2. The third-order valence-corrected chi connectivity index (χ3v) is 1.77. The van der Waals surface area contributed by atoms with Crippen LogP contribution in [0.3, 0.4) is 0 Å². The maximum Gasteiger partial charge on any atom is 0.232 e. The minimum atomic E-state index is -0.195. The molecule has 0 spiro atoms. The van der Waals surface area contributed by atoms with Crippen molar-refractivity contribution in [3.8, 4) is 0 Å². The molecule has 0 aromatic heterocycles. The summed E-state index contributed by atoms with van der Waals surface area (Å²) in [5.41, 5.74) is 5.31. The molecule has 0 atom stereocenters. The molecule has 1 saturated heterocycles. The van der Waals surface area contributed by atoms with E-state index in [1.165, 1.54) is 0 Å². The summed E-state index contributed by atoms with van der Waals surface area (Å²) in [6.07, 6.45) is -0.0417. The Morgan fingerprint density at radius 2 is 2.25 bits per heavy atom. The van der Waals surface area contributed by atoms with Gasteiger partial charge >= 0.3 is 0 Å². The first kappa shape index (κ1) is 8.99. The molecule has 0 aliphatic carbocycles. The largest absolute Gasteiger partial charge is 0.354 e. The van der Waals surface area contributed by atoms with Crippen LogP contribution in [0.1, 0.15) is 6.42 Å². The van der Waals surface area contributed by atoms with Crippen molar-refractivity contribution in [2.75, 3.05) is 26.2 Å². The van der Waals surface area contributed by atoms with Crippen molar-refractivity contribution in [3.05, 3.63) is 0 Å². The second kappa shape index (κ2) is 4.06. The van der Waals surface area contributed by atoms with Crippen molar-refractivity contribution in [3.63, 3.8) is 0 Å². The van der Waals surface area contributed by atoms with Crippen LogP contribution < -0.4 is 11.1 Å². The fourth-order valence-corrected chi connectivity index (χ4v) is 1.16. The van der Waals surface area contributed by atoms with E-state index in [2.05, 4.69) is 5.32 Å². The zero-order valence-electron chi connectivity index (χ0n) is 6.88. The molecular formula is C7H13N3O2. The lowest BCUT2D eigenvalue weighted by Gasteiger charge is -2.17. The number of amides is 2. The molecule has 1 aliphatic rings. The molecule has 0 bridgehead atoms. The van der Waals surface area contributed by atoms with Gasteiger partial charge < -0.3 is 16.0 Å². The summed E-state index contributed by atoms with van der Waals surface area (Å²) in [6, 6.07) is 0. The normalized spacial score (nSPS) is 18.9.